The van der Waals surface area contributed by atoms with E-state index >= 15 is 0 Å². The van der Waals surface area contributed by atoms with E-state index in [0.717, 1.165) is 23.9 Å². The molecule has 0 radical (unpaired) electrons. The normalized spacial score (nSPS) is 18.9. The van der Waals surface area contributed by atoms with Crippen LogP contribution in [0, 0.1) is 6.92 Å². The van der Waals surface area contributed by atoms with E-state index in [0.29, 0.717) is 24.8 Å². The maximum Gasteiger partial charge on any atom is 0.261 e. The molecule has 0 bridgehead atoms. The van der Waals surface area contributed by atoms with Gasteiger partial charge in [-0.15, -0.1) is 0 Å². The zero-order valence-corrected chi connectivity index (χ0v) is 17.6. The van der Waals surface area contributed by atoms with Crippen molar-refractivity contribution < 1.29 is 4.79 Å². The van der Waals surface area contributed by atoms with Crippen molar-refractivity contribution >= 4 is 16.8 Å². The van der Waals surface area contributed by atoms with E-state index < -0.39 is 0 Å². The zero-order chi connectivity index (χ0) is 20.5. The molecular formula is C22H32N4O2. The van der Waals surface area contributed by atoms with Crippen molar-refractivity contribution in [3.63, 3.8) is 0 Å². The fourth-order valence-corrected chi connectivity index (χ4v) is 4.63. The molecular weight excluding hydrogens is 352 g/mol. The summed E-state index contributed by atoms with van der Waals surface area (Å²) in [4.78, 5) is 29.5. The molecule has 152 valence electrons. The molecule has 2 heterocycles. The largest absolute Gasteiger partial charge is 0.353 e. The van der Waals surface area contributed by atoms with Gasteiger partial charge in [0.1, 0.15) is 0 Å². The Morgan fingerprint density at radius 1 is 1.25 bits per heavy atom. The van der Waals surface area contributed by atoms with Crippen molar-refractivity contribution in [1.82, 2.24) is 20.2 Å². The van der Waals surface area contributed by atoms with Crippen LogP contribution in [0.15, 0.2) is 29.3 Å². The highest BCUT2D eigenvalue weighted by molar-refractivity contribution is 5.80. The second kappa shape index (κ2) is 7.66. The molecule has 0 saturated carbocycles. The second-order valence-electron chi connectivity index (χ2n) is 9.38. The third kappa shape index (κ3) is 4.79. The summed E-state index contributed by atoms with van der Waals surface area (Å²) in [6.45, 7) is 11.1. The molecule has 1 aliphatic rings. The van der Waals surface area contributed by atoms with Crippen LogP contribution in [-0.4, -0.2) is 32.6 Å². The van der Waals surface area contributed by atoms with E-state index in [9.17, 15) is 9.59 Å². The Labute approximate surface area is 166 Å². The number of fused-ring (bicyclic) bond motifs is 1. The van der Waals surface area contributed by atoms with Crippen LogP contribution in [0.1, 0.15) is 58.9 Å². The van der Waals surface area contributed by atoms with Crippen LogP contribution in [0.5, 0.6) is 0 Å². The first-order valence-corrected chi connectivity index (χ1v) is 10.1. The summed E-state index contributed by atoms with van der Waals surface area (Å²) in [5.41, 5.74) is 1.70. The van der Waals surface area contributed by atoms with Crippen molar-refractivity contribution in [2.75, 3.05) is 0 Å². The third-order valence-electron chi connectivity index (χ3n) is 5.41. The number of rotatable bonds is 5. The molecule has 1 aliphatic heterocycles. The number of aryl methyl sites for hydroxylation is 2. The lowest BCUT2D eigenvalue weighted by atomic mass is 9.79. The van der Waals surface area contributed by atoms with Gasteiger partial charge in [0.05, 0.1) is 17.2 Å². The average Bonchev–Trinajstić information content (AvgIpc) is 2.54. The monoisotopic (exact) mass is 384 g/mol. The molecule has 6 nitrogen and oxygen atoms in total. The number of benzene rings is 1. The Balaban J connectivity index is 1.57. The Morgan fingerprint density at radius 3 is 2.61 bits per heavy atom. The first kappa shape index (κ1) is 20.5. The summed E-state index contributed by atoms with van der Waals surface area (Å²) in [6.07, 6.45) is 4.43. The number of carbonyl (C=O) groups is 1. The van der Waals surface area contributed by atoms with Gasteiger partial charge in [-0.25, -0.2) is 4.98 Å². The maximum atomic E-state index is 12.6. The number of nitrogens with one attached hydrogen (secondary N) is 2. The van der Waals surface area contributed by atoms with Crippen molar-refractivity contribution in [2.24, 2.45) is 0 Å². The second-order valence-corrected chi connectivity index (χ2v) is 9.38. The quantitative estimate of drug-likeness (QED) is 0.831. The van der Waals surface area contributed by atoms with E-state index in [1.807, 2.05) is 25.1 Å². The van der Waals surface area contributed by atoms with Crippen LogP contribution in [0.2, 0.25) is 0 Å². The number of carbonyl (C=O) groups excluding carboxylic acids is 1. The summed E-state index contributed by atoms with van der Waals surface area (Å²) < 4.78 is 1.60. The average molecular weight is 385 g/mol. The number of hydrogen-bond donors (Lipinski definition) is 2. The van der Waals surface area contributed by atoms with Gasteiger partial charge in [-0.05, 0) is 65.5 Å². The fourth-order valence-electron chi connectivity index (χ4n) is 4.63. The molecule has 0 atom stereocenters. The van der Waals surface area contributed by atoms with Gasteiger partial charge in [0, 0.05) is 30.1 Å². The molecule has 1 aromatic heterocycles. The highest BCUT2D eigenvalue weighted by Crippen LogP contribution is 2.28. The minimum Gasteiger partial charge on any atom is -0.353 e. The zero-order valence-electron chi connectivity index (χ0n) is 17.6. The molecule has 0 unspecified atom stereocenters. The van der Waals surface area contributed by atoms with Gasteiger partial charge < -0.3 is 10.6 Å². The highest BCUT2D eigenvalue weighted by Gasteiger charge is 2.38. The summed E-state index contributed by atoms with van der Waals surface area (Å²) in [6, 6.07) is 5.81. The number of hydrogen-bond acceptors (Lipinski definition) is 4. The van der Waals surface area contributed by atoms with Crippen molar-refractivity contribution in [3.8, 4) is 0 Å². The van der Waals surface area contributed by atoms with Gasteiger partial charge in [-0.3, -0.25) is 14.2 Å². The van der Waals surface area contributed by atoms with Crippen LogP contribution in [0.3, 0.4) is 0 Å². The Hall–Kier alpha value is -2.21. The number of nitrogens with zero attached hydrogens (tertiary/aromatic N) is 2. The van der Waals surface area contributed by atoms with E-state index in [-0.39, 0.29) is 28.6 Å². The molecule has 1 amide bonds. The van der Waals surface area contributed by atoms with Gasteiger partial charge in [0.2, 0.25) is 5.91 Å². The van der Waals surface area contributed by atoms with Gasteiger partial charge in [0.15, 0.2) is 0 Å². The summed E-state index contributed by atoms with van der Waals surface area (Å²) in [5, 5.41) is 7.45. The van der Waals surface area contributed by atoms with Crippen molar-refractivity contribution in [2.45, 2.75) is 84.0 Å². The number of aromatic nitrogens is 2. The third-order valence-corrected chi connectivity index (χ3v) is 5.41. The molecule has 28 heavy (non-hydrogen) atoms. The molecule has 1 saturated heterocycles. The van der Waals surface area contributed by atoms with E-state index in [4.69, 9.17) is 0 Å². The smallest absolute Gasteiger partial charge is 0.261 e. The van der Waals surface area contributed by atoms with Gasteiger partial charge >= 0.3 is 0 Å². The number of amides is 1. The molecule has 6 heteroatoms. The molecule has 2 aromatic rings. The van der Waals surface area contributed by atoms with E-state index in [1.165, 1.54) is 0 Å². The van der Waals surface area contributed by atoms with Crippen molar-refractivity contribution in [3.05, 3.63) is 40.4 Å². The van der Waals surface area contributed by atoms with Crippen LogP contribution in [0.4, 0.5) is 0 Å². The Morgan fingerprint density at radius 2 is 1.93 bits per heavy atom. The maximum absolute atomic E-state index is 12.6. The lowest BCUT2D eigenvalue weighted by Crippen LogP contribution is -2.62. The van der Waals surface area contributed by atoms with Crippen LogP contribution in [-0.2, 0) is 11.3 Å². The standard InChI is InChI=1S/C22H32N4O2/c1-15-8-6-9-17-19(15)23-14-26(20(17)28)11-7-10-18(27)24-16-12-21(2,3)25-22(4,5)13-16/h6,8-9,14,16,25H,7,10-13H2,1-5H3,(H,24,27). The summed E-state index contributed by atoms with van der Waals surface area (Å²) in [7, 11) is 0. The van der Waals surface area contributed by atoms with Crippen LogP contribution < -0.4 is 16.2 Å². The minimum absolute atomic E-state index is 0.00189. The first-order valence-electron chi connectivity index (χ1n) is 10.1. The Kier molecular flexibility index (Phi) is 5.62. The van der Waals surface area contributed by atoms with E-state index in [2.05, 4.69) is 43.3 Å². The van der Waals surface area contributed by atoms with E-state index in [1.54, 1.807) is 10.9 Å². The molecule has 1 fully saturated rings. The predicted molar refractivity (Wildman–Crippen MR) is 112 cm³/mol. The molecule has 0 aliphatic carbocycles. The fraction of sp³-hybridized carbons (Fsp3) is 0.591. The van der Waals surface area contributed by atoms with Crippen molar-refractivity contribution in [1.29, 1.82) is 0 Å². The highest BCUT2D eigenvalue weighted by atomic mass is 16.1. The lowest BCUT2D eigenvalue weighted by molar-refractivity contribution is -0.122. The molecule has 1 aromatic carbocycles. The minimum atomic E-state index is -0.0454. The SMILES string of the molecule is Cc1cccc2c(=O)n(CCCC(=O)NC3CC(C)(C)NC(C)(C)C3)cnc12. The van der Waals surface area contributed by atoms with Gasteiger partial charge in [0.25, 0.3) is 5.56 Å². The van der Waals surface area contributed by atoms with Gasteiger partial charge in [-0.1, -0.05) is 12.1 Å². The summed E-state index contributed by atoms with van der Waals surface area (Å²) in [5.74, 6) is 0.0520. The summed E-state index contributed by atoms with van der Waals surface area (Å²) >= 11 is 0. The topological polar surface area (TPSA) is 76.0 Å². The molecule has 2 N–H and O–H groups in total. The Bertz CT molecular complexity index is 914. The lowest BCUT2D eigenvalue weighted by Gasteiger charge is -2.46. The van der Waals surface area contributed by atoms with Crippen LogP contribution >= 0.6 is 0 Å². The first-order chi connectivity index (χ1) is 13.1. The molecule has 3 rings (SSSR count). The van der Waals surface area contributed by atoms with Gasteiger partial charge in [-0.2, -0.15) is 0 Å². The number of para-hydroxylation sites is 1. The predicted octanol–water partition coefficient (Wildman–Crippen LogP) is 2.91. The van der Waals surface area contributed by atoms with Crippen LogP contribution in [0.25, 0.3) is 10.9 Å². The number of piperidine rings is 1. The molecule has 0 spiro atoms.